The maximum atomic E-state index is 10.7. The molecule has 0 bridgehead atoms. The van der Waals surface area contributed by atoms with Crippen molar-refractivity contribution in [2.75, 3.05) is 20.3 Å². The van der Waals surface area contributed by atoms with Crippen LogP contribution in [0.4, 0.5) is 0 Å². The zero-order valence-electron chi connectivity index (χ0n) is 8.68. The minimum atomic E-state index is -0.393. The highest BCUT2D eigenvalue weighted by Gasteiger charge is 2.06. The number of rotatable bonds is 5. The fourth-order valence-electron chi connectivity index (χ4n) is 1.12. The average molecular weight is 209 g/mol. The number of benzene rings is 1. The van der Waals surface area contributed by atoms with E-state index in [1.165, 1.54) is 7.11 Å². The predicted octanol–water partition coefficient (Wildman–Crippen LogP) is 0.876. The maximum absolute atomic E-state index is 10.7. The zero-order valence-corrected chi connectivity index (χ0v) is 8.68. The largest absolute Gasteiger partial charge is 0.467 e. The first-order valence-electron chi connectivity index (χ1n) is 4.69. The molecule has 1 aromatic carbocycles. The van der Waals surface area contributed by atoms with E-state index in [0.717, 1.165) is 5.56 Å². The number of hydrogen-bond acceptors (Lipinski definition) is 4. The summed E-state index contributed by atoms with van der Waals surface area (Å²) in [4.78, 5) is 10.7. The number of carbonyl (C=O) groups is 1. The highest BCUT2D eigenvalue weighted by molar-refractivity contribution is 5.70. The first kappa shape index (κ1) is 11.7. The van der Waals surface area contributed by atoms with Gasteiger partial charge in [-0.15, -0.1) is 0 Å². The van der Waals surface area contributed by atoms with E-state index in [1.807, 2.05) is 30.3 Å². The zero-order chi connectivity index (χ0) is 11.1. The predicted molar refractivity (Wildman–Crippen MR) is 56.2 cm³/mol. The van der Waals surface area contributed by atoms with Crippen molar-refractivity contribution >= 4 is 5.97 Å². The SMILES string of the molecule is COC(=O)COCC(N)c1ccccc1. The number of methoxy groups -OCH3 is 1. The number of nitrogens with two attached hydrogens (primary N) is 1. The second kappa shape index (κ2) is 6.16. The summed E-state index contributed by atoms with van der Waals surface area (Å²) in [5.41, 5.74) is 6.83. The van der Waals surface area contributed by atoms with Crippen LogP contribution in [-0.4, -0.2) is 26.3 Å². The van der Waals surface area contributed by atoms with Crippen LogP contribution >= 0.6 is 0 Å². The minimum absolute atomic E-state index is 0.0585. The average Bonchev–Trinajstić information content (AvgIpc) is 2.29. The summed E-state index contributed by atoms with van der Waals surface area (Å²) in [6.07, 6.45) is 0. The van der Waals surface area contributed by atoms with Gasteiger partial charge in [-0.3, -0.25) is 0 Å². The van der Waals surface area contributed by atoms with Crippen LogP contribution in [0.5, 0.6) is 0 Å². The lowest BCUT2D eigenvalue weighted by molar-refractivity contribution is -0.146. The van der Waals surface area contributed by atoms with Gasteiger partial charge in [0, 0.05) is 0 Å². The van der Waals surface area contributed by atoms with E-state index in [-0.39, 0.29) is 12.6 Å². The van der Waals surface area contributed by atoms with Crippen LogP contribution < -0.4 is 5.73 Å². The molecule has 1 unspecified atom stereocenters. The molecule has 0 spiro atoms. The molecule has 0 aliphatic carbocycles. The number of hydrogen-bond donors (Lipinski definition) is 1. The standard InChI is InChI=1S/C11H15NO3/c1-14-11(13)8-15-7-10(12)9-5-3-2-4-6-9/h2-6,10H,7-8,12H2,1H3. The van der Waals surface area contributed by atoms with Crippen molar-refractivity contribution in [2.24, 2.45) is 5.73 Å². The van der Waals surface area contributed by atoms with Gasteiger partial charge in [-0.1, -0.05) is 30.3 Å². The third kappa shape index (κ3) is 4.10. The molecule has 0 saturated carbocycles. The molecule has 0 heterocycles. The highest BCUT2D eigenvalue weighted by Crippen LogP contribution is 2.09. The third-order valence-electron chi connectivity index (χ3n) is 1.97. The van der Waals surface area contributed by atoms with Crippen LogP contribution in [0.25, 0.3) is 0 Å². The molecule has 2 N–H and O–H groups in total. The van der Waals surface area contributed by atoms with E-state index < -0.39 is 5.97 Å². The van der Waals surface area contributed by atoms with Gasteiger partial charge in [0.2, 0.25) is 0 Å². The Bertz CT molecular complexity index is 300. The van der Waals surface area contributed by atoms with Gasteiger partial charge in [-0.25, -0.2) is 4.79 Å². The van der Waals surface area contributed by atoms with Crippen molar-refractivity contribution in [1.82, 2.24) is 0 Å². The quantitative estimate of drug-likeness (QED) is 0.731. The molecule has 1 aromatic rings. The van der Waals surface area contributed by atoms with Gasteiger partial charge in [-0.2, -0.15) is 0 Å². The molecule has 4 heteroatoms. The van der Waals surface area contributed by atoms with E-state index in [0.29, 0.717) is 6.61 Å². The van der Waals surface area contributed by atoms with Crippen LogP contribution in [0.3, 0.4) is 0 Å². The first-order valence-corrected chi connectivity index (χ1v) is 4.69. The molecule has 0 aliphatic heterocycles. The number of esters is 1. The Morgan fingerprint density at radius 3 is 2.67 bits per heavy atom. The molecular formula is C11H15NO3. The Kier molecular flexibility index (Phi) is 4.80. The summed E-state index contributed by atoms with van der Waals surface area (Å²) in [6.45, 7) is 0.246. The van der Waals surface area contributed by atoms with Crippen molar-refractivity contribution in [1.29, 1.82) is 0 Å². The van der Waals surface area contributed by atoms with Crippen molar-refractivity contribution in [3.63, 3.8) is 0 Å². The molecule has 0 amide bonds. The molecule has 15 heavy (non-hydrogen) atoms. The molecule has 1 atom stereocenters. The van der Waals surface area contributed by atoms with E-state index in [1.54, 1.807) is 0 Å². The van der Waals surface area contributed by atoms with E-state index in [2.05, 4.69) is 4.74 Å². The first-order chi connectivity index (χ1) is 7.24. The number of ether oxygens (including phenoxy) is 2. The third-order valence-corrected chi connectivity index (χ3v) is 1.97. The summed E-state index contributed by atoms with van der Waals surface area (Å²) in [6, 6.07) is 9.38. The van der Waals surface area contributed by atoms with Crippen molar-refractivity contribution < 1.29 is 14.3 Å². The van der Waals surface area contributed by atoms with Gasteiger partial charge < -0.3 is 15.2 Å². The van der Waals surface area contributed by atoms with Crippen molar-refractivity contribution in [2.45, 2.75) is 6.04 Å². The van der Waals surface area contributed by atoms with Gasteiger partial charge in [0.05, 0.1) is 19.8 Å². The summed E-state index contributed by atoms with van der Waals surface area (Å²) < 4.78 is 9.54. The molecule has 0 fully saturated rings. The highest BCUT2D eigenvalue weighted by atomic mass is 16.6. The summed E-state index contributed by atoms with van der Waals surface area (Å²) in [7, 11) is 1.32. The topological polar surface area (TPSA) is 61.5 Å². The molecule has 0 aliphatic rings. The molecule has 0 aromatic heterocycles. The van der Waals surface area contributed by atoms with Crippen molar-refractivity contribution in [3.8, 4) is 0 Å². The van der Waals surface area contributed by atoms with E-state index in [4.69, 9.17) is 10.5 Å². The lowest BCUT2D eigenvalue weighted by Gasteiger charge is -2.11. The Morgan fingerprint density at radius 2 is 2.07 bits per heavy atom. The number of carbonyl (C=O) groups excluding carboxylic acids is 1. The Hall–Kier alpha value is -1.39. The molecule has 1 rings (SSSR count). The van der Waals surface area contributed by atoms with E-state index in [9.17, 15) is 4.79 Å². The van der Waals surface area contributed by atoms with Gasteiger partial charge in [-0.05, 0) is 5.56 Å². The van der Waals surface area contributed by atoms with Gasteiger partial charge in [0.15, 0.2) is 0 Å². The van der Waals surface area contributed by atoms with Gasteiger partial charge >= 0.3 is 5.97 Å². The lowest BCUT2D eigenvalue weighted by Crippen LogP contribution is -2.20. The van der Waals surface area contributed by atoms with Crippen LogP contribution in [0.2, 0.25) is 0 Å². The van der Waals surface area contributed by atoms with E-state index >= 15 is 0 Å². The second-order valence-electron chi connectivity index (χ2n) is 3.11. The summed E-state index contributed by atoms with van der Waals surface area (Å²) >= 11 is 0. The molecule has 0 radical (unpaired) electrons. The maximum Gasteiger partial charge on any atom is 0.331 e. The minimum Gasteiger partial charge on any atom is -0.467 e. The molecule has 0 saturated heterocycles. The monoisotopic (exact) mass is 209 g/mol. The fraction of sp³-hybridized carbons (Fsp3) is 0.364. The molecule has 82 valence electrons. The summed E-state index contributed by atoms with van der Waals surface area (Å²) in [5.74, 6) is -0.393. The molecular weight excluding hydrogens is 194 g/mol. The summed E-state index contributed by atoms with van der Waals surface area (Å²) in [5, 5.41) is 0. The van der Waals surface area contributed by atoms with Gasteiger partial charge in [0.25, 0.3) is 0 Å². The van der Waals surface area contributed by atoms with Crippen LogP contribution in [0.15, 0.2) is 30.3 Å². The van der Waals surface area contributed by atoms with Crippen LogP contribution in [0.1, 0.15) is 11.6 Å². The smallest absolute Gasteiger partial charge is 0.331 e. The van der Waals surface area contributed by atoms with Crippen molar-refractivity contribution in [3.05, 3.63) is 35.9 Å². The Balaban J connectivity index is 2.31. The van der Waals surface area contributed by atoms with Crippen LogP contribution in [0, 0.1) is 0 Å². The molecule has 4 nitrogen and oxygen atoms in total. The van der Waals surface area contributed by atoms with Gasteiger partial charge in [0.1, 0.15) is 6.61 Å². The Labute approximate surface area is 89.0 Å². The normalized spacial score (nSPS) is 12.1. The van der Waals surface area contributed by atoms with Crippen LogP contribution in [-0.2, 0) is 14.3 Å². The second-order valence-corrected chi connectivity index (χ2v) is 3.11. The lowest BCUT2D eigenvalue weighted by atomic mass is 10.1. The fourth-order valence-corrected chi connectivity index (χ4v) is 1.12. The Morgan fingerprint density at radius 1 is 1.40 bits per heavy atom.